The first-order chi connectivity index (χ1) is 23.1. The average Bonchev–Trinajstić information content (AvgIpc) is 3.79. The van der Waals surface area contributed by atoms with Crippen LogP contribution in [0, 0.1) is 24.1 Å². The molecule has 4 atom stereocenters. The van der Waals surface area contributed by atoms with Gasteiger partial charge in [0.2, 0.25) is 11.8 Å². The van der Waals surface area contributed by atoms with Gasteiger partial charge in [-0.25, -0.2) is 14.1 Å². The number of hydrogen-bond donors (Lipinski definition) is 0. The Morgan fingerprint density at radius 2 is 2.06 bits per heavy atom. The molecule has 5 heterocycles. The van der Waals surface area contributed by atoms with Crippen molar-refractivity contribution >= 4 is 38.7 Å². The van der Waals surface area contributed by atoms with Gasteiger partial charge in [0.05, 0.1) is 18.5 Å². The second-order valence-electron chi connectivity index (χ2n) is 13.5. The number of rotatable bonds is 7. The molecule has 2 aromatic carbocycles. The number of benzene rings is 2. The fourth-order valence-electron chi connectivity index (χ4n) is 8.13. The molecule has 2 aliphatic rings. The normalized spacial score (nSPS) is 20.9. The minimum absolute atomic E-state index is 0.0331. The van der Waals surface area contributed by atoms with Crippen molar-refractivity contribution in [3.63, 3.8) is 0 Å². The molecule has 11 heteroatoms. The lowest BCUT2D eigenvalue weighted by Gasteiger charge is -2.37. The third kappa shape index (κ3) is 5.10. The Morgan fingerprint density at radius 1 is 1.25 bits per heavy atom. The number of ether oxygens (including phenoxy) is 1. The predicted octanol–water partition coefficient (Wildman–Crippen LogP) is 6.25. The Hall–Kier alpha value is -4.82. The van der Waals surface area contributed by atoms with E-state index in [1.807, 2.05) is 72.4 Å². The largest absolute Gasteiger partial charge is 0.471 e. The molecule has 3 aromatic heterocycles. The first-order valence-corrected chi connectivity index (χ1v) is 16.7. The van der Waals surface area contributed by atoms with Crippen LogP contribution >= 0.6 is 0 Å². The molecule has 2 fully saturated rings. The van der Waals surface area contributed by atoms with Gasteiger partial charge in [0.1, 0.15) is 17.1 Å². The van der Waals surface area contributed by atoms with E-state index >= 15 is 4.39 Å². The van der Waals surface area contributed by atoms with Gasteiger partial charge in [0.15, 0.2) is 11.3 Å². The quantitative estimate of drug-likeness (QED) is 0.192. The highest BCUT2D eigenvalue weighted by Gasteiger charge is 2.34. The van der Waals surface area contributed by atoms with Crippen LogP contribution in [-0.2, 0) is 18.3 Å². The van der Waals surface area contributed by atoms with Crippen LogP contribution in [0.5, 0.6) is 5.88 Å². The Kier molecular flexibility index (Phi) is 8.16. The Labute approximate surface area is 279 Å². The number of likely N-dealkylation sites (tertiary alicyclic amines) is 2. The number of aromatic nitrogens is 5. The molecule has 0 bridgehead atoms. The maximum atomic E-state index is 17.3. The monoisotopic (exact) mass is 648 g/mol. The molecule has 0 aliphatic carbocycles. The number of halogens is 1. The summed E-state index contributed by atoms with van der Waals surface area (Å²) in [5.74, 6) is -0.271. The van der Waals surface area contributed by atoms with E-state index in [2.05, 4.69) is 34.9 Å². The Balaban J connectivity index is 1.44. The molecule has 48 heavy (non-hydrogen) atoms. The Morgan fingerprint density at radius 3 is 2.77 bits per heavy atom. The van der Waals surface area contributed by atoms with E-state index in [0.29, 0.717) is 41.4 Å². The molecule has 0 radical (unpaired) electrons. The van der Waals surface area contributed by atoms with E-state index in [0.717, 1.165) is 47.0 Å². The van der Waals surface area contributed by atoms with E-state index in [-0.39, 0.29) is 48.0 Å². The maximum Gasteiger partial charge on any atom is 0.246 e. The summed E-state index contributed by atoms with van der Waals surface area (Å²) in [7, 11) is 4.04. The van der Waals surface area contributed by atoms with Crippen molar-refractivity contribution in [1.29, 1.82) is 5.26 Å². The van der Waals surface area contributed by atoms with Gasteiger partial charge in [0, 0.05) is 53.7 Å². The molecular formula is C37H41FN8O2. The van der Waals surface area contributed by atoms with Crippen molar-refractivity contribution < 1.29 is 13.9 Å². The highest BCUT2D eigenvalue weighted by molar-refractivity contribution is 6.08. The number of carbonyl (C=O) groups is 1. The molecule has 0 saturated carbocycles. The van der Waals surface area contributed by atoms with Crippen LogP contribution in [-0.4, -0.2) is 78.6 Å². The number of likely N-dealkylation sites (N-methyl/N-ethyl adjacent to an activating group) is 1. The number of nitrogens with zero attached hydrogens (tertiary/aromatic N) is 8. The van der Waals surface area contributed by atoms with E-state index in [1.54, 1.807) is 0 Å². The highest BCUT2D eigenvalue weighted by Crippen LogP contribution is 2.42. The summed E-state index contributed by atoms with van der Waals surface area (Å²) in [5.41, 5.74) is 5.06. The lowest BCUT2D eigenvalue weighted by molar-refractivity contribution is -0.129. The van der Waals surface area contributed by atoms with Gasteiger partial charge < -0.3 is 14.2 Å². The lowest BCUT2D eigenvalue weighted by Crippen LogP contribution is -2.44. The third-order valence-corrected chi connectivity index (χ3v) is 10.5. The summed E-state index contributed by atoms with van der Waals surface area (Å²) in [4.78, 5) is 21.5. The summed E-state index contributed by atoms with van der Waals surface area (Å²) >= 11 is 0. The number of piperidine rings is 1. The number of hydrogen-bond acceptors (Lipinski definition) is 7. The van der Waals surface area contributed by atoms with Crippen LogP contribution in [0.4, 0.5) is 4.39 Å². The van der Waals surface area contributed by atoms with Gasteiger partial charge in [0.25, 0.3) is 0 Å². The second kappa shape index (κ2) is 12.3. The molecule has 0 spiro atoms. The number of amides is 1. The van der Waals surface area contributed by atoms with Gasteiger partial charge in [-0.3, -0.25) is 9.69 Å². The predicted molar refractivity (Wildman–Crippen MR) is 184 cm³/mol. The smallest absolute Gasteiger partial charge is 0.246 e. The zero-order chi connectivity index (χ0) is 33.9. The van der Waals surface area contributed by atoms with Crippen molar-refractivity contribution in [3.05, 3.63) is 60.1 Å². The second-order valence-corrected chi connectivity index (χ2v) is 13.5. The van der Waals surface area contributed by atoms with Gasteiger partial charge in [-0.15, -0.1) is 5.10 Å². The summed E-state index contributed by atoms with van der Waals surface area (Å²) in [6.07, 6.45) is 6.74. The third-order valence-electron chi connectivity index (χ3n) is 10.5. The van der Waals surface area contributed by atoms with Crippen LogP contribution in [0.15, 0.2) is 43.1 Å². The van der Waals surface area contributed by atoms with Gasteiger partial charge in [-0.1, -0.05) is 23.9 Å². The van der Waals surface area contributed by atoms with Crippen molar-refractivity contribution in [2.24, 2.45) is 7.05 Å². The Bertz CT molecular complexity index is 2130. The zero-order valence-corrected chi connectivity index (χ0v) is 28.2. The summed E-state index contributed by atoms with van der Waals surface area (Å²) in [6, 6.07) is 10.2. The maximum absolute atomic E-state index is 17.3. The lowest BCUT2D eigenvalue weighted by atomic mass is 9.92. The van der Waals surface area contributed by atoms with Crippen molar-refractivity contribution in [2.75, 3.05) is 20.1 Å². The number of carbonyl (C=O) groups excluding carboxylic acids is 1. The zero-order valence-electron chi connectivity index (χ0n) is 28.2. The first-order valence-electron chi connectivity index (χ1n) is 16.7. The summed E-state index contributed by atoms with van der Waals surface area (Å²) < 4.78 is 27.8. The van der Waals surface area contributed by atoms with E-state index in [1.165, 1.54) is 6.08 Å². The van der Waals surface area contributed by atoms with Crippen LogP contribution in [0.2, 0.25) is 0 Å². The summed E-state index contributed by atoms with van der Waals surface area (Å²) in [5, 5.41) is 20.3. The van der Waals surface area contributed by atoms with E-state index in [9.17, 15) is 10.1 Å². The molecule has 2 aliphatic heterocycles. The number of fused-ring (bicyclic) bond motifs is 4. The molecule has 10 nitrogen and oxygen atoms in total. The molecule has 1 amide bonds. The highest BCUT2D eigenvalue weighted by atomic mass is 19.1. The van der Waals surface area contributed by atoms with Crippen LogP contribution in [0.1, 0.15) is 56.7 Å². The number of pyridine rings is 1. The SMILES string of the molecule is C=CC(=O)N1CC[C@H](n2nnc3c(O[C@@H](C)[C@@H]4CCCN4C)nc4c(F)c(-c5cccc6c5c(CC#N)cn6C)c(C)cc4c32)C[C@H]1C. The molecule has 5 aromatic rings. The topological polar surface area (TPSA) is 105 Å². The van der Waals surface area contributed by atoms with Gasteiger partial charge in [-0.05, 0) is 94.9 Å². The van der Waals surface area contributed by atoms with E-state index in [4.69, 9.17) is 9.72 Å². The standard InChI is InChI=1S/C37H41FN8O2/c1-7-30(47)45-17-14-25(19-22(45)3)46-36-27-18-21(2)31(26-10-8-11-29-32(26)24(13-15-39)20-44(29)6)33(38)34(27)40-37(35(36)41-42-46)48-23(4)28-12-9-16-43(28)5/h7-8,10-11,18,20,22-23,25,28H,1,9,12-14,16-17,19H2,2-6H3/t22-,23+,25+,28+/m1/s1. The average molecular weight is 649 g/mol. The van der Waals surface area contributed by atoms with Crippen molar-refractivity contribution in [2.45, 2.75) is 77.1 Å². The van der Waals surface area contributed by atoms with Crippen LogP contribution in [0.25, 0.3) is 44.0 Å². The van der Waals surface area contributed by atoms with Crippen molar-refractivity contribution in [3.8, 4) is 23.1 Å². The summed E-state index contributed by atoms with van der Waals surface area (Å²) in [6.45, 7) is 11.2. The first kappa shape index (κ1) is 31.8. The minimum Gasteiger partial charge on any atom is -0.471 e. The van der Waals surface area contributed by atoms with Crippen LogP contribution in [0.3, 0.4) is 0 Å². The van der Waals surface area contributed by atoms with Crippen LogP contribution < -0.4 is 4.74 Å². The van der Waals surface area contributed by atoms with E-state index < -0.39 is 5.82 Å². The molecular weight excluding hydrogens is 607 g/mol. The van der Waals surface area contributed by atoms with Gasteiger partial charge >= 0.3 is 0 Å². The molecule has 248 valence electrons. The number of nitriles is 1. The molecule has 0 unspecified atom stereocenters. The molecule has 7 rings (SSSR count). The minimum atomic E-state index is -0.450. The fourth-order valence-corrected chi connectivity index (χ4v) is 8.13. The van der Waals surface area contributed by atoms with Crippen molar-refractivity contribution in [1.82, 2.24) is 34.3 Å². The molecule has 2 saturated heterocycles. The van der Waals surface area contributed by atoms with Gasteiger partial charge in [-0.2, -0.15) is 5.26 Å². The fraction of sp³-hybridized carbons (Fsp3) is 0.432. The number of aryl methyl sites for hydroxylation is 2. The molecule has 0 N–H and O–H groups in total.